The van der Waals surface area contributed by atoms with Gasteiger partial charge < -0.3 is 20.3 Å². The molecule has 0 aromatic heterocycles. The highest BCUT2D eigenvalue weighted by atomic mass is 16.5. The zero-order chi connectivity index (χ0) is 17.2. The van der Waals surface area contributed by atoms with E-state index in [0.29, 0.717) is 12.5 Å². The van der Waals surface area contributed by atoms with Crippen molar-refractivity contribution in [3.63, 3.8) is 0 Å². The summed E-state index contributed by atoms with van der Waals surface area (Å²) in [5, 5.41) is 6.66. The van der Waals surface area contributed by atoms with Gasteiger partial charge in [-0.25, -0.2) is 0 Å². The molecule has 0 aliphatic carbocycles. The SMILES string of the molecule is CCNC(=NCC1CCN(C)CC1)NCCOc1ccc(C)cc1. The number of nitrogens with zero attached hydrogens (tertiary/aromatic N) is 2. The number of rotatable bonds is 7. The number of guanidine groups is 1. The Kier molecular flexibility index (Phi) is 7.89. The van der Waals surface area contributed by atoms with E-state index in [1.807, 2.05) is 12.1 Å². The fourth-order valence-corrected chi connectivity index (χ4v) is 2.78. The molecule has 0 radical (unpaired) electrons. The van der Waals surface area contributed by atoms with E-state index in [1.165, 1.54) is 31.5 Å². The van der Waals surface area contributed by atoms with Gasteiger partial charge in [-0.05, 0) is 64.9 Å². The molecule has 2 rings (SSSR count). The van der Waals surface area contributed by atoms with Gasteiger partial charge in [0.05, 0.1) is 6.54 Å². The Bertz CT molecular complexity index is 493. The third kappa shape index (κ3) is 6.79. The normalized spacial score (nSPS) is 16.9. The maximum atomic E-state index is 5.75. The lowest BCUT2D eigenvalue weighted by Gasteiger charge is -2.28. The van der Waals surface area contributed by atoms with Crippen LogP contribution in [0.5, 0.6) is 5.75 Å². The first-order valence-electron chi connectivity index (χ1n) is 9.07. The second-order valence-corrected chi connectivity index (χ2v) is 6.55. The average Bonchev–Trinajstić information content (AvgIpc) is 2.59. The van der Waals surface area contributed by atoms with Gasteiger partial charge in [-0.3, -0.25) is 4.99 Å². The van der Waals surface area contributed by atoms with Crippen LogP contribution in [0.3, 0.4) is 0 Å². The molecule has 0 amide bonds. The lowest BCUT2D eigenvalue weighted by molar-refractivity contribution is 0.223. The summed E-state index contributed by atoms with van der Waals surface area (Å²) in [7, 11) is 2.19. The summed E-state index contributed by atoms with van der Waals surface area (Å²) in [6, 6.07) is 8.15. The van der Waals surface area contributed by atoms with Gasteiger partial charge in [0.1, 0.15) is 12.4 Å². The van der Waals surface area contributed by atoms with E-state index in [-0.39, 0.29) is 0 Å². The highest BCUT2D eigenvalue weighted by Crippen LogP contribution is 2.15. The topological polar surface area (TPSA) is 48.9 Å². The molecular formula is C19H32N4O. The van der Waals surface area contributed by atoms with Gasteiger partial charge in [0.2, 0.25) is 0 Å². The first-order valence-corrected chi connectivity index (χ1v) is 9.07. The van der Waals surface area contributed by atoms with E-state index in [2.05, 4.69) is 48.6 Å². The van der Waals surface area contributed by atoms with Gasteiger partial charge in [-0.1, -0.05) is 17.7 Å². The van der Waals surface area contributed by atoms with Crippen LogP contribution in [0.1, 0.15) is 25.3 Å². The number of benzene rings is 1. The number of aryl methyl sites for hydroxylation is 1. The van der Waals surface area contributed by atoms with Gasteiger partial charge in [0.15, 0.2) is 5.96 Å². The number of aliphatic imine (C=N–C) groups is 1. The van der Waals surface area contributed by atoms with Crippen LogP contribution in [0.2, 0.25) is 0 Å². The smallest absolute Gasteiger partial charge is 0.191 e. The standard InChI is InChI=1S/C19H32N4O/c1-4-20-19(22-15-17-9-12-23(3)13-10-17)21-11-14-24-18-7-5-16(2)6-8-18/h5-8,17H,4,9-15H2,1-3H3,(H2,20,21,22). The van der Waals surface area contributed by atoms with Crippen LogP contribution >= 0.6 is 0 Å². The number of hydrogen-bond acceptors (Lipinski definition) is 3. The van der Waals surface area contributed by atoms with Gasteiger partial charge in [-0.2, -0.15) is 0 Å². The van der Waals surface area contributed by atoms with Gasteiger partial charge in [0, 0.05) is 13.1 Å². The third-order valence-electron chi connectivity index (χ3n) is 4.37. The maximum absolute atomic E-state index is 5.75. The van der Waals surface area contributed by atoms with Crippen LogP contribution in [-0.2, 0) is 0 Å². The van der Waals surface area contributed by atoms with Gasteiger partial charge >= 0.3 is 0 Å². The van der Waals surface area contributed by atoms with E-state index in [4.69, 9.17) is 9.73 Å². The van der Waals surface area contributed by atoms with E-state index in [9.17, 15) is 0 Å². The van der Waals surface area contributed by atoms with Crippen LogP contribution < -0.4 is 15.4 Å². The van der Waals surface area contributed by atoms with Crippen LogP contribution in [0, 0.1) is 12.8 Å². The number of nitrogens with one attached hydrogen (secondary N) is 2. The molecule has 5 heteroatoms. The Labute approximate surface area is 146 Å². The zero-order valence-electron chi connectivity index (χ0n) is 15.3. The lowest BCUT2D eigenvalue weighted by atomic mass is 9.97. The number of hydrogen-bond donors (Lipinski definition) is 2. The van der Waals surface area contributed by atoms with Crippen molar-refractivity contribution in [3.8, 4) is 5.75 Å². The molecule has 1 aromatic rings. The molecule has 0 saturated carbocycles. The summed E-state index contributed by atoms with van der Waals surface area (Å²) >= 11 is 0. The van der Waals surface area contributed by atoms with Crippen LogP contribution in [0.15, 0.2) is 29.3 Å². The first-order chi connectivity index (χ1) is 11.7. The molecular weight excluding hydrogens is 300 g/mol. The van der Waals surface area contributed by atoms with E-state index in [0.717, 1.165) is 31.3 Å². The summed E-state index contributed by atoms with van der Waals surface area (Å²) in [5.74, 6) is 2.51. The monoisotopic (exact) mass is 332 g/mol. The molecule has 2 N–H and O–H groups in total. The molecule has 1 aromatic carbocycles. The van der Waals surface area contributed by atoms with Crippen molar-refractivity contribution in [1.82, 2.24) is 15.5 Å². The van der Waals surface area contributed by atoms with Crippen molar-refractivity contribution in [3.05, 3.63) is 29.8 Å². The lowest BCUT2D eigenvalue weighted by Crippen LogP contribution is -2.40. The summed E-state index contributed by atoms with van der Waals surface area (Å²) in [6.45, 7) is 9.70. The Morgan fingerprint density at radius 3 is 2.58 bits per heavy atom. The third-order valence-corrected chi connectivity index (χ3v) is 4.37. The molecule has 24 heavy (non-hydrogen) atoms. The first kappa shape index (κ1) is 18.6. The Balaban J connectivity index is 1.69. The van der Waals surface area contributed by atoms with Crippen molar-refractivity contribution in [2.75, 3.05) is 46.4 Å². The molecule has 0 atom stereocenters. The van der Waals surface area contributed by atoms with Crippen molar-refractivity contribution < 1.29 is 4.74 Å². The second kappa shape index (κ2) is 10.2. The minimum absolute atomic E-state index is 0.627. The molecule has 1 heterocycles. The van der Waals surface area contributed by atoms with E-state index < -0.39 is 0 Å². The van der Waals surface area contributed by atoms with E-state index >= 15 is 0 Å². The summed E-state index contributed by atoms with van der Waals surface area (Å²) in [4.78, 5) is 7.13. The highest BCUT2D eigenvalue weighted by Gasteiger charge is 2.16. The van der Waals surface area contributed by atoms with Gasteiger partial charge in [-0.15, -0.1) is 0 Å². The zero-order valence-corrected chi connectivity index (χ0v) is 15.3. The number of likely N-dealkylation sites (tertiary alicyclic amines) is 1. The van der Waals surface area contributed by atoms with Crippen molar-refractivity contribution in [1.29, 1.82) is 0 Å². The molecule has 1 aliphatic heterocycles. The molecule has 134 valence electrons. The molecule has 0 spiro atoms. The minimum atomic E-state index is 0.627. The Hall–Kier alpha value is -1.75. The Morgan fingerprint density at radius 1 is 1.21 bits per heavy atom. The summed E-state index contributed by atoms with van der Waals surface area (Å²) in [5.41, 5.74) is 1.25. The summed E-state index contributed by atoms with van der Waals surface area (Å²) in [6.07, 6.45) is 2.49. The van der Waals surface area contributed by atoms with Crippen molar-refractivity contribution in [2.45, 2.75) is 26.7 Å². The van der Waals surface area contributed by atoms with E-state index in [1.54, 1.807) is 0 Å². The number of piperidine rings is 1. The minimum Gasteiger partial charge on any atom is -0.492 e. The fourth-order valence-electron chi connectivity index (χ4n) is 2.78. The Morgan fingerprint density at radius 2 is 1.92 bits per heavy atom. The van der Waals surface area contributed by atoms with Gasteiger partial charge in [0.25, 0.3) is 0 Å². The summed E-state index contributed by atoms with van der Waals surface area (Å²) < 4.78 is 5.75. The molecule has 0 bridgehead atoms. The quantitative estimate of drug-likeness (QED) is 0.457. The predicted octanol–water partition coefficient (Wildman–Crippen LogP) is 2.27. The largest absolute Gasteiger partial charge is 0.492 e. The second-order valence-electron chi connectivity index (χ2n) is 6.55. The molecule has 1 fully saturated rings. The number of ether oxygens (including phenoxy) is 1. The van der Waals surface area contributed by atoms with Crippen molar-refractivity contribution in [2.24, 2.45) is 10.9 Å². The van der Waals surface area contributed by atoms with Crippen molar-refractivity contribution >= 4 is 5.96 Å². The molecule has 1 saturated heterocycles. The van der Waals surface area contributed by atoms with Crippen LogP contribution in [-0.4, -0.2) is 57.2 Å². The van der Waals surface area contributed by atoms with Crippen LogP contribution in [0.4, 0.5) is 0 Å². The molecule has 1 aliphatic rings. The molecule has 0 unspecified atom stereocenters. The predicted molar refractivity (Wildman–Crippen MR) is 101 cm³/mol. The van der Waals surface area contributed by atoms with Crippen LogP contribution in [0.25, 0.3) is 0 Å². The fraction of sp³-hybridized carbons (Fsp3) is 0.632. The maximum Gasteiger partial charge on any atom is 0.191 e. The highest BCUT2D eigenvalue weighted by molar-refractivity contribution is 5.79. The molecule has 5 nitrogen and oxygen atoms in total. The average molecular weight is 332 g/mol.